The molecule has 3 rings (SSSR count). The summed E-state index contributed by atoms with van der Waals surface area (Å²) in [7, 11) is 0. The van der Waals surface area contributed by atoms with Gasteiger partial charge in [0.05, 0.1) is 0 Å². The van der Waals surface area contributed by atoms with Crippen LogP contribution in [0.15, 0.2) is 29.8 Å². The van der Waals surface area contributed by atoms with Gasteiger partial charge in [0.2, 0.25) is 0 Å². The topological polar surface area (TPSA) is 86.7 Å². The molecular formula is C16H16N2O4. The smallest absolute Gasteiger partial charge is 0.331 e. The number of imide groups is 2. The van der Waals surface area contributed by atoms with Gasteiger partial charge in [-0.15, -0.1) is 0 Å². The zero-order valence-electron chi connectivity index (χ0n) is 11.9. The summed E-state index contributed by atoms with van der Waals surface area (Å²) in [6.45, 7) is 0. The van der Waals surface area contributed by atoms with E-state index in [0.717, 1.165) is 25.7 Å². The van der Waals surface area contributed by atoms with E-state index >= 15 is 0 Å². The number of benzene rings is 1. The van der Waals surface area contributed by atoms with Crippen molar-refractivity contribution < 1.29 is 19.5 Å². The van der Waals surface area contributed by atoms with Crippen LogP contribution in [0.3, 0.4) is 0 Å². The molecule has 0 bridgehead atoms. The van der Waals surface area contributed by atoms with Crippen molar-refractivity contribution in [3.05, 3.63) is 35.4 Å². The van der Waals surface area contributed by atoms with Gasteiger partial charge in [-0.3, -0.25) is 19.8 Å². The molecule has 114 valence electrons. The first-order chi connectivity index (χ1) is 10.6. The van der Waals surface area contributed by atoms with Gasteiger partial charge in [0.15, 0.2) is 0 Å². The van der Waals surface area contributed by atoms with E-state index in [-0.39, 0.29) is 17.4 Å². The number of aromatic hydroxyl groups is 1. The highest BCUT2D eigenvalue weighted by Gasteiger charge is 2.40. The molecule has 1 aromatic rings. The molecule has 0 aromatic heterocycles. The average Bonchev–Trinajstić information content (AvgIpc) is 2.99. The molecule has 0 unspecified atom stereocenters. The quantitative estimate of drug-likeness (QED) is 0.644. The number of urea groups is 1. The Kier molecular flexibility index (Phi) is 3.66. The summed E-state index contributed by atoms with van der Waals surface area (Å²) in [5.74, 6) is -1.13. The number of barbiturate groups is 1. The molecule has 1 saturated carbocycles. The molecular weight excluding hydrogens is 284 g/mol. The van der Waals surface area contributed by atoms with E-state index in [1.807, 2.05) is 0 Å². The number of nitrogens with zero attached hydrogens (tertiary/aromatic N) is 1. The van der Waals surface area contributed by atoms with Crippen molar-refractivity contribution >= 4 is 23.9 Å². The number of amides is 4. The molecule has 2 aliphatic rings. The molecule has 1 heterocycles. The minimum absolute atomic E-state index is 0.0582. The Labute approximate surface area is 127 Å². The number of rotatable bonds is 2. The Hall–Kier alpha value is -2.63. The van der Waals surface area contributed by atoms with Crippen molar-refractivity contribution in [3.63, 3.8) is 0 Å². The highest BCUT2D eigenvalue weighted by Crippen LogP contribution is 2.27. The van der Waals surface area contributed by atoms with E-state index in [1.165, 1.54) is 23.1 Å². The third-order valence-electron chi connectivity index (χ3n) is 4.03. The third-order valence-corrected chi connectivity index (χ3v) is 4.03. The number of phenols is 1. The van der Waals surface area contributed by atoms with Gasteiger partial charge in [0.25, 0.3) is 11.8 Å². The van der Waals surface area contributed by atoms with E-state index in [4.69, 9.17) is 0 Å². The predicted molar refractivity (Wildman–Crippen MR) is 78.7 cm³/mol. The first kappa shape index (κ1) is 14.3. The van der Waals surface area contributed by atoms with Crippen molar-refractivity contribution in [2.45, 2.75) is 31.7 Å². The molecule has 0 atom stereocenters. The maximum atomic E-state index is 12.5. The Bertz CT molecular complexity index is 657. The van der Waals surface area contributed by atoms with Crippen molar-refractivity contribution in [1.29, 1.82) is 0 Å². The Morgan fingerprint density at radius 2 is 1.73 bits per heavy atom. The molecule has 2 N–H and O–H groups in total. The summed E-state index contributed by atoms with van der Waals surface area (Å²) in [5, 5.41) is 11.5. The SMILES string of the molecule is O=C1NC(=O)N(C2CCCC2)C(=O)/C1=C/c1ccc(O)cc1. The number of hydrogen-bond acceptors (Lipinski definition) is 4. The Balaban J connectivity index is 1.92. The van der Waals surface area contributed by atoms with E-state index < -0.39 is 17.8 Å². The van der Waals surface area contributed by atoms with Crippen molar-refractivity contribution in [2.24, 2.45) is 0 Å². The van der Waals surface area contributed by atoms with E-state index in [9.17, 15) is 19.5 Å². The predicted octanol–water partition coefficient (Wildman–Crippen LogP) is 1.80. The lowest BCUT2D eigenvalue weighted by molar-refractivity contribution is -0.131. The lowest BCUT2D eigenvalue weighted by Gasteiger charge is -2.31. The highest BCUT2D eigenvalue weighted by molar-refractivity contribution is 6.31. The van der Waals surface area contributed by atoms with Crippen molar-refractivity contribution in [2.75, 3.05) is 0 Å². The number of carbonyl (C=O) groups excluding carboxylic acids is 3. The van der Waals surface area contributed by atoms with E-state index in [1.54, 1.807) is 12.1 Å². The molecule has 6 heteroatoms. The fraction of sp³-hybridized carbons (Fsp3) is 0.312. The molecule has 1 aliphatic carbocycles. The molecule has 1 aromatic carbocycles. The minimum Gasteiger partial charge on any atom is -0.508 e. The minimum atomic E-state index is -0.683. The van der Waals surface area contributed by atoms with Gasteiger partial charge in [-0.1, -0.05) is 25.0 Å². The second-order valence-electron chi connectivity index (χ2n) is 5.52. The second kappa shape index (κ2) is 5.63. The van der Waals surface area contributed by atoms with Gasteiger partial charge in [-0.05, 0) is 36.6 Å². The molecule has 4 amide bonds. The van der Waals surface area contributed by atoms with E-state index in [0.29, 0.717) is 5.56 Å². The Morgan fingerprint density at radius 1 is 1.09 bits per heavy atom. The number of phenolic OH excluding ortho intramolecular Hbond substituents is 1. The molecule has 0 radical (unpaired) electrons. The standard InChI is InChI=1S/C16H16N2O4/c19-12-7-5-10(6-8-12)9-13-14(20)17-16(22)18(15(13)21)11-3-1-2-4-11/h5-9,11,19H,1-4H2,(H,17,20,22)/b13-9+. The van der Waals surface area contributed by atoms with Crippen molar-refractivity contribution in [1.82, 2.24) is 10.2 Å². The first-order valence-electron chi connectivity index (χ1n) is 7.26. The fourth-order valence-corrected chi connectivity index (χ4v) is 2.90. The van der Waals surface area contributed by atoms with E-state index in [2.05, 4.69) is 5.32 Å². The third kappa shape index (κ3) is 2.59. The zero-order chi connectivity index (χ0) is 15.7. The Morgan fingerprint density at radius 3 is 2.36 bits per heavy atom. The summed E-state index contributed by atoms with van der Waals surface area (Å²) in [6, 6.07) is 5.36. The van der Waals surface area contributed by atoms with Gasteiger partial charge < -0.3 is 5.11 Å². The second-order valence-corrected chi connectivity index (χ2v) is 5.52. The van der Waals surface area contributed by atoms with Gasteiger partial charge in [0, 0.05) is 6.04 Å². The van der Waals surface area contributed by atoms with Gasteiger partial charge in [-0.2, -0.15) is 0 Å². The zero-order valence-corrected chi connectivity index (χ0v) is 11.9. The fourth-order valence-electron chi connectivity index (χ4n) is 2.90. The van der Waals surface area contributed by atoms with Gasteiger partial charge in [0.1, 0.15) is 11.3 Å². The largest absolute Gasteiger partial charge is 0.508 e. The maximum absolute atomic E-state index is 12.5. The number of nitrogens with one attached hydrogen (secondary N) is 1. The van der Waals surface area contributed by atoms with Crippen LogP contribution in [0.1, 0.15) is 31.2 Å². The summed E-state index contributed by atoms with van der Waals surface area (Å²) < 4.78 is 0. The summed E-state index contributed by atoms with van der Waals surface area (Å²) in [6.07, 6.45) is 4.95. The molecule has 1 aliphatic heterocycles. The molecule has 1 saturated heterocycles. The highest BCUT2D eigenvalue weighted by atomic mass is 16.3. The van der Waals surface area contributed by atoms with Crippen LogP contribution in [0, 0.1) is 0 Å². The van der Waals surface area contributed by atoms with Crippen LogP contribution in [0.5, 0.6) is 5.75 Å². The van der Waals surface area contributed by atoms with Crippen LogP contribution in [0.2, 0.25) is 0 Å². The van der Waals surface area contributed by atoms with Crippen LogP contribution in [0.25, 0.3) is 6.08 Å². The summed E-state index contributed by atoms with van der Waals surface area (Å²) in [4.78, 5) is 37.6. The van der Waals surface area contributed by atoms with Crippen LogP contribution >= 0.6 is 0 Å². The molecule has 0 spiro atoms. The van der Waals surface area contributed by atoms with Gasteiger partial charge in [-0.25, -0.2) is 4.79 Å². The van der Waals surface area contributed by atoms with Crippen LogP contribution in [-0.2, 0) is 9.59 Å². The number of hydrogen-bond donors (Lipinski definition) is 2. The molecule has 6 nitrogen and oxygen atoms in total. The van der Waals surface area contributed by atoms with Crippen LogP contribution in [-0.4, -0.2) is 33.9 Å². The van der Waals surface area contributed by atoms with Gasteiger partial charge >= 0.3 is 6.03 Å². The summed E-state index contributed by atoms with van der Waals surface area (Å²) >= 11 is 0. The first-order valence-corrected chi connectivity index (χ1v) is 7.26. The average molecular weight is 300 g/mol. The van der Waals surface area contributed by atoms with Crippen LogP contribution < -0.4 is 5.32 Å². The van der Waals surface area contributed by atoms with Crippen molar-refractivity contribution in [3.8, 4) is 5.75 Å². The number of carbonyl (C=O) groups is 3. The lowest BCUT2D eigenvalue weighted by atomic mass is 10.1. The normalized spacial score (nSPS) is 21.5. The maximum Gasteiger partial charge on any atom is 0.331 e. The molecule has 2 fully saturated rings. The monoisotopic (exact) mass is 300 g/mol. The molecule has 22 heavy (non-hydrogen) atoms. The van der Waals surface area contributed by atoms with Crippen LogP contribution in [0.4, 0.5) is 4.79 Å². The lowest BCUT2D eigenvalue weighted by Crippen LogP contribution is -2.57. The summed E-state index contributed by atoms with van der Waals surface area (Å²) in [5.41, 5.74) is 0.550.